The third kappa shape index (κ3) is 4.00. The molecule has 0 spiro atoms. The van der Waals surface area contributed by atoms with Gasteiger partial charge in [-0.3, -0.25) is 0 Å². The van der Waals surface area contributed by atoms with Crippen molar-refractivity contribution < 1.29 is 16.8 Å². The molecule has 0 fully saturated rings. The van der Waals surface area contributed by atoms with E-state index < -0.39 is 24.8 Å². The van der Waals surface area contributed by atoms with E-state index in [9.17, 15) is 16.8 Å². The van der Waals surface area contributed by atoms with Crippen LogP contribution in [-0.4, -0.2) is 43.0 Å². The Hall–Kier alpha value is -2.43. The van der Waals surface area contributed by atoms with E-state index in [-0.39, 0.29) is 38.2 Å². The Morgan fingerprint density at radius 2 is 1.76 bits per heavy atom. The van der Waals surface area contributed by atoms with E-state index in [0.29, 0.717) is 5.56 Å². The summed E-state index contributed by atoms with van der Waals surface area (Å²) in [5.41, 5.74) is 1.05. The van der Waals surface area contributed by atoms with Crippen LogP contribution < -0.4 is 0 Å². The summed E-state index contributed by atoms with van der Waals surface area (Å²) in [5.74, 6) is 0. The van der Waals surface area contributed by atoms with Crippen LogP contribution in [0.1, 0.15) is 18.2 Å². The van der Waals surface area contributed by atoms with Crippen molar-refractivity contribution in [3.05, 3.63) is 53.2 Å². The van der Waals surface area contributed by atoms with Crippen LogP contribution in [0.4, 0.5) is 0 Å². The van der Waals surface area contributed by atoms with Gasteiger partial charge in [-0.2, -0.15) is 0 Å². The lowest BCUT2D eigenvalue weighted by Crippen LogP contribution is -2.16. The van der Waals surface area contributed by atoms with Crippen molar-refractivity contribution in [3.8, 4) is 11.3 Å². The molecule has 3 aromatic rings. The highest BCUT2D eigenvalue weighted by atomic mass is 35.5. The van der Waals surface area contributed by atoms with Gasteiger partial charge in [-0.05, 0) is 25.0 Å². The fourth-order valence-corrected chi connectivity index (χ4v) is 6.31. The monoisotopic (exact) mass is 452 g/mol. The van der Waals surface area contributed by atoms with E-state index in [4.69, 9.17) is 11.6 Å². The second-order valence-corrected chi connectivity index (χ2v) is 10.4. The molecular formula is C18H17ClN4O4S2. The van der Waals surface area contributed by atoms with Crippen LogP contribution in [0.3, 0.4) is 0 Å². The van der Waals surface area contributed by atoms with Crippen LogP contribution >= 0.6 is 11.6 Å². The molecule has 2 heterocycles. The topological polar surface area (TPSA) is 120 Å². The van der Waals surface area contributed by atoms with Gasteiger partial charge in [0.05, 0.1) is 32.4 Å². The molecule has 8 nitrogen and oxygen atoms in total. The van der Waals surface area contributed by atoms with Gasteiger partial charge in [-0.25, -0.2) is 36.8 Å². The third-order valence-corrected chi connectivity index (χ3v) is 7.56. The number of aromatic nitrogens is 4. The number of benzene rings is 1. The largest absolute Gasteiger partial charge is 0.252 e. The first kappa shape index (κ1) is 21.3. The van der Waals surface area contributed by atoms with Crippen molar-refractivity contribution in [3.63, 3.8) is 0 Å². The summed E-state index contributed by atoms with van der Waals surface area (Å²) in [6.07, 6.45) is 5.13. The molecule has 0 aliphatic carbocycles. The standard InChI is InChI=1S/C18H17ClN4O4S2/c1-4-12-5-6-13(15-7-8-20-10-22-15)17(28(3,24)25)16(12)29(26,27)18-21-9-14(19)11(2)23-18/h5-10H,4H2,1-3H3. The Bertz CT molecular complexity index is 1290. The van der Waals surface area contributed by atoms with Crippen molar-refractivity contribution in [2.75, 3.05) is 6.26 Å². The first-order chi connectivity index (χ1) is 13.6. The number of rotatable bonds is 5. The Morgan fingerprint density at radius 1 is 1.03 bits per heavy atom. The average Bonchev–Trinajstić information content (AvgIpc) is 2.68. The third-order valence-electron chi connectivity index (χ3n) is 4.21. The van der Waals surface area contributed by atoms with E-state index in [1.165, 1.54) is 24.8 Å². The molecule has 0 saturated heterocycles. The summed E-state index contributed by atoms with van der Waals surface area (Å²) in [6, 6.07) is 4.63. The van der Waals surface area contributed by atoms with Gasteiger partial charge >= 0.3 is 0 Å². The highest BCUT2D eigenvalue weighted by Crippen LogP contribution is 2.36. The van der Waals surface area contributed by atoms with E-state index >= 15 is 0 Å². The number of aryl methyl sites for hydroxylation is 2. The normalized spacial score (nSPS) is 12.1. The average molecular weight is 453 g/mol. The summed E-state index contributed by atoms with van der Waals surface area (Å²) in [4.78, 5) is 15.0. The van der Waals surface area contributed by atoms with Crippen LogP contribution in [-0.2, 0) is 26.1 Å². The first-order valence-corrected chi connectivity index (χ1v) is 12.2. The number of halogens is 1. The highest BCUT2D eigenvalue weighted by Gasteiger charge is 2.33. The van der Waals surface area contributed by atoms with Gasteiger partial charge in [0.1, 0.15) is 6.33 Å². The molecule has 0 aliphatic rings. The number of nitrogens with zero attached hydrogens (tertiary/aromatic N) is 4. The fraction of sp³-hybridized carbons (Fsp3) is 0.222. The smallest absolute Gasteiger partial charge is 0.245 e. The van der Waals surface area contributed by atoms with Crippen molar-refractivity contribution >= 4 is 31.3 Å². The number of hydrogen-bond acceptors (Lipinski definition) is 8. The van der Waals surface area contributed by atoms with Crippen LogP contribution in [0.2, 0.25) is 5.02 Å². The predicted octanol–water partition coefficient (Wildman–Crippen LogP) is 2.69. The highest BCUT2D eigenvalue weighted by molar-refractivity contribution is 7.94. The second-order valence-electron chi connectivity index (χ2n) is 6.24. The van der Waals surface area contributed by atoms with Crippen molar-refractivity contribution in [2.45, 2.75) is 35.2 Å². The molecule has 0 aliphatic heterocycles. The maximum Gasteiger partial charge on any atom is 0.252 e. The van der Waals surface area contributed by atoms with Crippen molar-refractivity contribution in [1.29, 1.82) is 0 Å². The van der Waals surface area contributed by atoms with Crippen LogP contribution in [0.15, 0.2) is 51.9 Å². The van der Waals surface area contributed by atoms with Gasteiger partial charge in [-0.1, -0.05) is 30.7 Å². The lowest BCUT2D eigenvalue weighted by molar-refractivity contribution is 0.577. The molecule has 0 radical (unpaired) electrons. The molecule has 29 heavy (non-hydrogen) atoms. The molecule has 0 saturated carbocycles. The molecule has 1 aromatic carbocycles. The Kier molecular flexibility index (Phi) is 5.70. The molecule has 0 amide bonds. The summed E-state index contributed by atoms with van der Waals surface area (Å²) in [6.45, 7) is 3.28. The molecular weight excluding hydrogens is 436 g/mol. The summed E-state index contributed by atoms with van der Waals surface area (Å²) in [5, 5.41) is -0.309. The molecule has 0 N–H and O–H groups in total. The lowest BCUT2D eigenvalue weighted by Gasteiger charge is -2.17. The van der Waals surface area contributed by atoms with E-state index in [1.807, 2.05) is 0 Å². The maximum absolute atomic E-state index is 13.5. The van der Waals surface area contributed by atoms with Gasteiger partial charge in [0.25, 0.3) is 5.16 Å². The molecule has 11 heteroatoms. The van der Waals surface area contributed by atoms with E-state index in [2.05, 4.69) is 19.9 Å². The number of hydrogen-bond donors (Lipinski definition) is 0. The summed E-state index contributed by atoms with van der Waals surface area (Å²) in [7, 11) is -8.34. The fourth-order valence-electron chi connectivity index (χ4n) is 2.85. The zero-order valence-corrected chi connectivity index (χ0v) is 18.2. The SMILES string of the molecule is CCc1ccc(-c2ccncn2)c(S(C)(=O)=O)c1S(=O)(=O)c1ncc(Cl)c(C)n1. The first-order valence-electron chi connectivity index (χ1n) is 8.44. The zero-order valence-electron chi connectivity index (χ0n) is 15.8. The second kappa shape index (κ2) is 7.77. The molecule has 0 unspecified atom stereocenters. The van der Waals surface area contributed by atoms with Gasteiger partial charge in [-0.15, -0.1) is 0 Å². The minimum Gasteiger partial charge on any atom is -0.245 e. The van der Waals surface area contributed by atoms with Crippen LogP contribution in [0.5, 0.6) is 0 Å². The predicted molar refractivity (Wildman–Crippen MR) is 107 cm³/mol. The molecule has 3 rings (SSSR count). The van der Waals surface area contributed by atoms with E-state index in [1.54, 1.807) is 26.0 Å². The molecule has 0 bridgehead atoms. The summed E-state index contributed by atoms with van der Waals surface area (Å²) < 4.78 is 52.4. The maximum atomic E-state index is 13.5. The van der Waals surface area contributed by atoms with Gasteiger partial charge in [0, 0.05) is 18.0 Å². The van der Waals surface area contributed by atoms with Crippen molar-refractivity contribution in [2.24, 2.45) is 0 Å². The molecule has 0 atom stereocenters. The Labute approximate surface area is 173 Å². The van der Waals surface area contributed by atoms with Crippen molar-refractivity contribution in [1.82, 2.24) is 19.9 Å². The van der Waals surface area contributed by atoms with Gasteiger partial charge < -0.3 is 0 Å². The van der Waals surface area contributed by atoms with Crippen LogP contribution in [0, 0.1) is 6.92 Å². The van der Waals surface area contributed by atoms with Gasteiger partial charge in [0.15, 0.2) is 9.84 Å². The Balaban J connectivity index is 2.45. The quantitative estimate of drug-likeness (QED) is 0.542. The minimum atomic E-state index is -4.37. The number of sulfone groups is 2. The van der Waals surface area contributed by atoms with E-state index in [0.717, 1.165) is 6.26 Å². The molecule has 152 valence electrons. The molecule has 2 aromatic heterocycles. The van der Waals surface area contributed by atoms with Crippen LogP contribution in [0.25, 0.3) is 11.3 Å². The summed E-state index contributed by atoms with van der Waals surface area (Å²) >= 11 is 5.91. The minimum absolute atomic E-state index is 0.163. The lowest BCUT2D eigenvalue weighted by atomic mass is 10.1. The van der Waals surface area contributed by atoms with Gasteiger partial charge in [0.2, 0.25) is 9.84 Å². The Morgan fingerprint density at radius 3 is 2.31 bits per heavy atom. The zero-order chi connectivity index (χ0) is 21.4.